The fraction of sp³-hybridized carbons (Fsp3) is 0.727. The minimum absolute atomic E-state index is 0.137. The van der Waals surface area contributed by atoms with Gasteiger partial charge in [-0.3, -0.25) is 0 Å². The molecular weight excluding hydrogens is 240 g/mol. The molecule has 1 fully saturated rings. The van der Waals surface area contributed by atoms with E-state index in [-0.39, 0.29) is 11.8 Å². The van der Waals surface area contributed by atoms with E-state index < -0.39 is 10.0 Å². The minimum Gasteiger partial charge on any atom is -0.359 e. The highest BCUT2D eigenvalue weighted by atomic mass is 32.2. The summed E-state index contributed by atoms with van der Waals surface area (Å²) in [5, 5.41) is 3.93. The van der Waals surface area contributed by atoms with Crippen LogP contribution in [0, 0.1) is 0 Å². The van der Waals surface area contributed by atoms with Gasteiger partial charge in [-0.25, -0.2) is 8.42 Å². The zero-order valence-corrected chi connectivity index (χ0v) is 11.0. The molecule has 2 rings (SSSR count). The molecular formula is C11H18N2O3S. The second kappa shape index (κ2) is 4.78. The number of hydrogen-bond acceptors (Lipinski definition) is 4. The number of aryl methyl sites for hydroxylation is 1. The number of rotatable bonds is 4. The Hall–Kier alpha value is -0.880. The lowest BCUT2D eigenvalue weighted by Gasteiger charge is -2.20. The molecule has 0 aliphatic carbocycles. The zero-order valence-electron chi connectivity index (χ0n) is 10.2. The van der Waals surface area contributed by atoms with Crippen molar-refractivity contribution < 1.29 is 12.9 Å². The average molecular weight is 258 g/mol. The molecule has 1 atom stereocenters. The van der Waals surface area contributed by atoms with Crippen LogP contribution in [0.1, 0.15) is 44.2 Å². The Kier molecular flexibility index (Phi) is 3.53. The molecule has 0 spiro atoms. The van der Waals surface area contributed by atoms with Gasteiger partial charge >= 0.3 is 0 Å². The molecule has 1 saturated heterocycles. The average Bonchev–Trinajstić information content (AvgIpc) is 2.97. The summed E-state index contributed by atoms with van der Waals surface area (Å²) < 4.78 is 30.7. The predicted molar refractivity (Wildman–Crippen MR) is 64.0 cm³/mol. The zero-order chi connectivity index (χ0) is 12.5. The van der Waals surface area contributed by atoms with Gasteiger partial charge in [0.25, 0.3) is 0 Å². The monoisotopic (exact) mass is 258 g/mol. The maximum Gasteiger partial charge on any atom is 0.214 e. The highest BCUT2D eigenvalue weighted by Crippen LogP contribution is 2.34. The molecule has 0 saturated carbocycles. The molecule has 17 heavy (non-hydrogen) atoms. The van der Waals surface area contributed by atoms with E-state index in [0.717, 1.165) is 25.0 Å². The SMILES string of the molecule is CCc1cc([C@@H]2CCCN2S(=O)(=O)CC)on1. The fourth-order valence-electron chi connectivity index (χ4n) is 2.18. The summed E-state index contributed by atoms with van der Waals surface area (Å²) in [5.74, 6) is 0.814. The topological polar surface area (TPSA) is 63.4 Å². The first-order chi connectivity index (χ1) is 8.08. The third-order valence-corrected chi connectivity index (χ3v) is 5.07. The van der Waals surface area contributed by atoms with Crippen molar-refractivity contribution in [3.8, 4) is 0 Å². The molecule has 6 heteroatoms. The van der Waals surface area contributed by atoms with Gasteiger partial charge in [0.2, 0.25) is 10.0 Å². The van der Waals surface area contributed by atoms with E-state index in [1.165, 1.54) is 0 Å². The lowest BCUT2D eigenvalue weighted by atomic mass is 10.1. The lowest BCUT2D eigenvalue weighted by molar-refractivity contribution is 0.297. The van der Waals surface area contributed by atoms with Crippen LogP contribution in [0.4, 0.5) is 0 Å². The summed E-state index contributed by atoms with van der Waals surface area (Å²) in [4.78, 5) is 0. The Morgan fingerprint density at radius 1 is 1.53 bits per heavy atom. The van der Waals surface area contributed by atoms with Crippen LogP contribution in [0.3, 0.4) is 0 Å². The van der Waals surface area contributed by atoms with Crippen molar-refractivity contribution in [1.29, 1.82) is 0 Å². The standard InChI is InChI=1S/C11H18N2O3S/c1-3-9-8-11(16-12-9)10-6-5-7-13(10)17(14,15)4-2/h8,10H,3-7H2,1-2H3/t10-/m0/s1. The molecule has 0 amide bonds. The summed E-state index contributed by atoms with van der Waals surface area (Å²) in [7, 11) is -3.15. The Labute approximate surface area is 102 Å². The van der Waals surface area contributed by atoms with Gasteiger partial charge in [0.05, 0.1) is 17.5 Å². The number of sulfonamides is 1. The third kappa shape index (κ3) is 2.37. The van der Waals surface area contributed by atoms with Gasteiger partial charge in [-0.2, -0.15) is 4.31 Å². The van der Waals surface area contributed by atoms with Gasteiger partial charge in [-0.1, -0.05) is 12.1 Å². The van der Waals surface area contributed by atoms with Crippen molar-refractivity contribution in [3.63, 3.8) is 0 Å². The van der Waals surface area contributed by atoms with E-state index >= 15 is 0 Å². The molecule has 0 radical (unpaired) electrons. The van der Waals surface area contributed by atoms with Crippen molar-refractivity contribution in [2.75, 3.05) is 12.3 Å². The number of hydrogen-bond donors (Lipinski definition) is 0. The van der Waals surface area contributed by atoms with Crippen LogP contribution >= 0.6 is 0 Å². The molecule has 0 bridgehead atoms. The first-order valence-corrected chi connectivity index (χ1v) is 7.64. The summed E-state index contributed by atoms with van der Waals surface area (Å²) in [6.45, 7) is 4.25. The molecule has 1 aromatic heterocycles. The van der Waals surface area contributed by atoms with E-state index in [1.807, 2.05) is 13.0 Å². The van der Waals surface area contributed by atoms with Gasteiger partial charge in [-0.05, 0) is 26.2 Å². The first kappa shape index (κ1) is 12.6. The fourth-order valence-corrected chi connectivity index (χ4v) is 3.51. The highest BCUT2D eigenvalue weighted by Gasteiger charge is 2.36. The van der Waals surface area contributed by atoms with Crippen LogP contribution in [-0.2, 0) is 16.4 Å². The minimum atomic E-state index is -3.15. The van der Waals surface area contributed by atoms with Crippen LogP contribution in [-0.4, -0.2) is 30.2 Å². The van der Waals surface area contributed by atoms with Crippen LogP contribution in [0.25, 0.3) is 0 Å². The lowest BCUT2D eigenvalue weighted by Crippen LogP contribution is -2.31. The molecule has 96 valence electrons. The summed E-state index contributed by atoms with van der Waals surface area (Å²) >= 11 is 0. The maximum atomic E-state index is 11.9. The smallest absolute Gasteiger partial charge is 0.214 e. The summed E-state index contributed by atoms with van der Waals surface area (Å²) in [6, 6.07) is 1.71. The normalized spacial score (nSPS) is 22.1. The first-order valence-electron chi connectivity index (χ1n) is 6.03. The molecule has 0 N–H and O–H groups in total. The van der Waals surface area contributed by atoms with E-state index in [4.69, 9.17) is 4.52 Å². The molecule has 1 aliphatic heterocycles. The van der Waals surface area contributed by atoms with E-state index in [1.54, 1.807) is 11.2 Å². The van der Waals surface area contributed by atoms with E-state index in [9.17, 15) is 8.42 Å². The van der Waals surface area contributed by atoms with Crippen molar-refractivity contribution in [2.45, 2.75) is 39.2 Å². The van der Waals surface area contributed by atoms with Crippen LogP contribution in [0.2, 0.25) is 0 Å². The molecule has 1 aliphatic rings. The van der Waals surface area contributed by atoms with Gasteiger partial charge in [0.15, 0.2) is 5.76 Å². The predicted octanol–water partition coefficient (Wildman–Crippen LogP) is 1.72. The van der Waals surface area contributed by atoms with Crippen molar-refractivity contribution in [2.24, 2.45) is 0 Å². The van der Waals surface area contributed by atoms with Gasteiger partial charge in [-0.15, -0.1) is 0 Å². The Morgan fingerprint density at radius 3 is 2.88 bits per heavy atom. The van der Waals surface area contributed by atoms with E-state index in [0.29, 0.717) is 12.3 Å². The Bertz CT molecular complexity index is 481. The Balaban J connectivity index is 2.26. The number of aromatic nitrogens is 1. The van der Waals surface area contributed by atoms with E-state index in [2.05, 4.69) is 5.16 Å². The highest BCUT2D eigenvalue weighted by molar-refractivity contribution is 7.89. The second-order valence-electron chi connectivity index (χ2n) is 4.24. The largest absolute Gasteiger partial charge is 0.359 e. The Morgan fingerprint density at radius 2 is 2.29 bits per heavy atom. The van der Waals surface area contributed by atoms with Crippen molar-refractivity contribution >= 4 is 10.0 Å². The summed E-state index contributed by atoms with van der Waals surface area (Å²) in [6.07, 6.45) is 2.50. The van der Waals surface area contributed by atoms with Gasteiger partial charge in [0.1, 0.15) is 0 Å². The molecule has 2 heterocycles. The molecule has 1 aromatic rings. The molecule has 5 nitrogen and oxygen atoms in total. The summed E-state index contributed by atoms with van der Waals surface area (Å²) in [5.41, 5.74) is 0.876. The second-order valence-corrected chi connectivity index (χ2v) is 6.45. The quantitative estimate of drug-likeness (QED) is 0.825. The van der Waals surface area contributed by atoms with Crippen LogP contribution < -0.4 is 0 Å². The molecule has 0 aromatic carbocycles. The van der Waals surface area contributed by atoms with Crippen molar-refractivity contribution in [1.82, 2.24) is 9.46 Å². The molecule has 0 unspecified atom stereocenters. The van der Waals surface area contributed by atoms with Gasteiger partial charge in [0, 0.05) is 12.6 Å². The maximum absolute atomic E-state index is 11.9. The van der Waals surface area contributed by atoms with Crippen LogP contribution in [0.5, 0.6) is 0 Å². The van der Waals surface area contributed by atoms with Crippen LogP contribution in [0.15, 0.2) is 10.6 Å². The third-order valence-electron chi connectivity index (χ3n) is 3.19. The van der Waals surface area contributed by atoms with Gasteiger partial charge < -0.3 is 4.52 Å². The van der Waals surface area contributed by atoms with Crippen molar-refractivity contribution in [3.05, 3.63) is 17.5 Å². The number of nitrogens with zero attached hydrogens (tertiary/aromatic N) is 2.